The van der Waals surface area contributed by atoms with Crippen molar-refractivity contribution in [3.8, 4) is 5.75 Å². The molecule has 0 bridgehead atoms. The van der Waals surface area contributed by atoms with Gasteiger partial charge < -0.3 is 15.2 Å². The summed E-state index contributed by atoms with van der Waals surface area (Å²) >= 11 is 1.67. The van der Waals surface area contributed by atoms with Crippen LogP contribution in [0.4, 0.5) is 0 Å². The number of amides is 1. The molecule has 1 aliphatic rings. The Bertz CT molecular complexity index is 730. The van der Waals surface area contributed by atoms with Gasteiger partial charge in [-0.25, -0.2) is 0 Å². The highest BCUT2D eigenvalue weighted by Crippen LogP contribution is 2.44. The molecule has 1 aromatic heterocycles. The Labute approximate surface area is 159 Å². The van der Waals surface area contributed by atoms with E-state index in [0.717, 1.165) is 23.3 Å². The molecule has 3 rings (SSSR count). The molecule has 1 aromatic carbocycles. The summed E-state index contributed by atoms with van der Waals surface area (Å²) in [5, 5.41) is 12.9. The molecule has 2 N–H and O–H groups in total. The molecule has 1 amide bonds. The van der Waals surface area contributed by atoms with Crippen LogP contribution in [0.5, 0.6) is 5.75 Å². The zero-order valence-corrected chi connectivity index (χ0v) is 16.3. The Morgan fingerprint density at radius 2 is 1.92 bits per heavy atom. The molecule has 2 aromatic rings. The summed E-state index contributed by atoms with van der Waals surface area (Å²) in [4.78, 5) is 14.5. The maximum atomic E-state index is 12.3. The van der Waals surface area contributed by atoms with Gasteiger partial charge in [0.15, 0.2) is 6.61 Å². The minimum atomic E-state index is -0.440. The fourth-order valence-corrected chi connectivity index (χ4v) is 4.72. The Kier molecular flexibility index (Phi) is 5.99. The van der Waals surface area contributed by atoms with Gasteiger partial charge in [0.25, 0.3) is 5.91 Å². The number of benzene rings is 1. The SMILES string of the molecule is Cc1ccc(OCC(=O)NCC2(c3ccc(C(C)O)s3)CCCC2)cc1. The van der Waals surface area contributed by atoms with Gasteiger partial charge in [-0.05, 0) is 51.0 Å². The summed E-state index contributed by atoms with van der Waals surface area (Å²) in [5.74, 6) is 0.616. The predicted molar refractivity (Wildman–Crippen MR) is 105 cm³/mol. The van der Waals surface area contributed by atoms with Crippen molar-refractivity contribution in [3.05, 3.63) is 51.7 Å². The van der Waals surface area contributed by atoms with Crippen LogP contribution >= 0.6 is 11.3 Å². The lowest BCUT2D eigenvalue weighted by atomic mass is 9.84. The fraction of sp³-hybridized carbons (Fsp3) is 0.476. The van der Waals surface area contributed by atoms with Crippen molar-refractivity contribution in [1.29, 1.82) is 0 Å². The van der Waals surface area contributed by atoms with E-state index in [-0.39, 0.29) is 17.9 Å². The minimum absolute atomic E-state index is 0.00265. The third kappa shape index (κ3) is 4.46. The van der Waals surface area contributed by atoms with Crippen LogP contribution in [-0.4, -0.2) is 24.2 Å². The van der Waals surface area contributed by atoms with E-state index in [4.69, 9.17) is 4.74 Å². The van der Waals surface area contributed by atoms with Gasteiger partial charge in [0, 0.05) is 21.7 Å². The number of carbonyl (C=O) groups excluding carboxylic acids is 1. The summed E-state index contributed by atoms with van der Waals surface area (Å²) in [6, 6.07) is 11.8. The molecule has 1 unspecified atom stereocenters. The summed E-state index contributed by atoms with van der Waals surface area (Å²) in [7, 11) is 0. The third-order valence-electron chi connectivity index (χ3n) is 5.14. The molecule has 0 spiro atoms. The van der Waals surface area contributed by atoms with Crippen LogP contribution in [0, 0.1) is 6.92 Å². The highest BCUT2D eigenvalue weighted by atomic mass is 32.1. The lowest BCUT2D eigenvalue weighted by Crippen LogP contribution is -2.40. The van der Waals surface area contributed by atoms with Crippen LogP contribution < -0.4 is 10.1 Å². The molecule has 4 nitrogen and oxygen atoms in total. The molecule has 0 saturated heterocycles. The van der Waals surface area contributed by atoms with E-state index in [1.165, 1.54) is 17.7 Å². The van der Waals surface area contributed by atoms with Crippen molar-refractivity contribution in [2.45, 2.75) is 51.0 Å². The van der Waals surface area contributed by atoms with E-state index in [1.807, 2.05) is 37.3 Å². The van der Waals surface area contributed by atoms with Crippen LogP contribution in [0.1, 0.15) is 54.0 Å². The Morgan fingerprint density at radius 3 is 2.54 bits per heavy atom. The maximum Gasteiger partial charge on any atom is 0.257 e. The first-order chi connectivity index (χ1) is 12.5. The number of hydrogen-bond donors (Lipinski definition) is 2. The fourth-order valence-electron chi connectivity index (χ4n) is 3.53. The molecule has 5 heteroatoms. The number of rotatable bonds is 7. The number of aliphatic hydroxyl groups is 1. The highest BCUT2D eigenvalue weighted by Gasteiger charge is 2.37. The van der Waals surface area contributed by atoms with Crippen molar-refractivity contribution in [2.75, 3.05) is 13.2 Å². The number of nitrogens with one attached hydrogen (secondary N) is 1. The lowest BCUT2D eigenvalue weighted by molar-refractivity contribution is -0.123. The molecular formula is C21H27NO3S. The molecule has 1 fully saturated rings. The average Bonchev–Trinajstić information content (AvgIpc) is 3.29. The number of aryl methyl sites for hydroxylation is 1. The molecule has 1 saturated carbocycles. The van der Waals surface area contributed by atoms with Crippen LogP contribution in [0.3, 0.4) is 0 Å². The van der Waals surface area contributed by atoms with E-state index in [0.29, 0.717) is 12.3 Å². The summed E-state index contributed by atoms with van der Waals surface area (Å²) in [6.07, 6.45) is 4.07. The number of ether oxygens (including phenoxy) is 1. The predicted octanol–water partition coefficient (Wildman–Crippen LogP) is 4.12. The molecule has 0 radical (unpaired) electrons. The number of carbonyl (C=O) groups is 1. The van der Waals surface area contributed by atoms with Gasteiger partial charge in [-0.1, -0.05) is 30.5 Å². The normalized spacial score (nSPS) is 17.0. The second-order valence-corrected chi connectivity index (χ2v) is 8.36. The van der Waals surface area contributed by atoms with Gasteiger partial charge in [0.2, 0.25) is 0 Å². The Balaban J connectivity index is 1.58. The van der Waals surface area contributed by atoms with E-state index in [9.17, 15) is 9.90 Å². The van der Waals surface area contributed by atoms with Gasteiger partial charge in [0.1, 0.15) is 5.75 Å². The zero-order chi connectivity index (χ0) is 18.6. The monoisotopic (exact) mass is 373 g/mol. The van der Waals surface area contributed by atoms with Crippen molar-refractivity contribution >= 4 is 17.2 Å². The molecule has 1 aliphatic carbocycles. The second kappa shape index (κ2) is 8.23. The van der Waals surface area contributed by atoms with Crippen LogP contribution in [0.25, 0.3) is 0 Å². The van der Waals surface area contributed by atoms with Gasteiger partial charge in [-0.2, -0.15) is 0 Å². The largest absolute Gasteiger partial charge is 0.484 e. The van der Waals surface area contributed by atoms with Crippen LogP contribution in [0.2, 0.25) is 0 Å². The first-order valence-electron chi connectivity index (χ1n) is 9.23. The van der Waals surface area contributed by atoms with Gasteiger partial charge >= 0.3 is 0 Å². The minimum Gasteiger partial charge on any atom is -0.484 e. The summed E-state index contributed by atoms with van der Waals surface area (Å²) in [5.41, 5.74) is 1.16. The van der Waals surface area contributed by atoms with Crippen molar-refractivity contribution in [1.82, 2.24) is 5.32 Å². The van der Waals surface area contributed by atoms with Gasteiger partial charge in [-0.15, -0.1) is 11.3 Å². The van der Waals surface area contributed by atoms with Crippen LogP contribution in [-0.2, 0) is 10.2 Å². The number of hydrogen-bond acceptors (Lipinski definition) is 4. The Hall–Kier alpha value is -1.85. The third-order valence-corrected chi connectivity index (χ3v) is 6.64. The number of thiophene rings is 1. The maximum absolute atomic E-state index is 12.3. The molecule has 1 atom stereocenters. The second-order valence-electron chi connectivity index (χ2n) is 7.24. The lowest BCUT2D eigenvalue weighted by Gasteiger charge is -2.28. The van der Waals surface area contributed by atoms with E-state index in [2.05, 4.69) is 11.4 Å². The molecular weight excluding hydrogens is 346 g/mol. The molecule has 0 aliphatic heterocycles. The molecule has 140 valence electrons. The van der Waals surface area contributed by atoms with E-state index >= 15 is 0 Å². The summed E-state index contributed by atoms with van der Waals surface area (Å²) in [6.45, 7) is 4.47. The highest BCUT2D eigenvalue weighted by molar-refractivity contribution is 7.12. The standard InChI is InChI=1S/C21H27NO3S/c1-15-5-7-17(8-6-15)25-13-20(24)22-14-21(11-3-4-12-21)19-10-9-18(26-19)16(2)23/h5-10,16,23H,3-4,11-14H2,1-2H3,(H,22,24). The number of aliphatic hydroxyl groups excluding tert-OH is 1. The van der Waals surface area contributed by atoms with Crippen LogP contribution in [0.15, 0.2) is 36.4 Å². The summed E-state index contributed by atoms with van der Waals surface area (Å²) < 4.78 is 5.57. The quantitative estimate of drug-likeness (QED) is 0.768. The van der Waals surface area contributed by atoms with Crippen molar-refractivity contribution in [3.63, 3.8) is 0 Å². The topological polar surface area (TPSA) is 58.6 Å². The Morgan fingerprint density at radius 1 is 1.23 bits per heavy atom. The van der Waals surface area contributed by atoms with Crippen molar-refractivity contribution in [2.24, 2.45) is 0 Å². The van der Waals surface area contributed by atoms with E-state index < -0.39 is 6.10 Å². The zero-order valence-electron chi connectivity index (χ0n) is 15.5. The van der Waals surface area contributed by atoms with E-state index in [1.54, 1.807) is 18.3 Å². The first kappa shape index (κ1) is 18.9. The van der Waals surface area contributed by atoms with Gasteiger partial charge in [-0.3, -0.25) is 4.79 Å². The molecule has 26 heavy (non-hydrogen) atoms. The van der Waals surface area contributed by atoms with Gasteiger partial charge in [0.05, 0.1) is 6.10 Å². The average molecular weight is 374 g/mol. The smallest absolute Gasteiger partial charge is 0.257 e. The van der Waals surface area contributed by atoms with Crippen molar-refractivity contribution < 1.29 is 14.6 Å². The first-order valence-corrected chi connectivity index (χ1v) is 10.0. The molecule has 1 heterocycles.